The lowest BCUT2D eigenvalue weighted by Crippen LogP contribution is -2.27. The normalized spacial score (nSPS) is 10.1. The zero-order valence-electron chi connectivity index (χ0n) is 11.2. The summed E-state index contributed by atoms with van der Waals surface area (Å²) in [4.78, 5) is 23.0. The van der Waals surface area contributed by atoms with Crippen molar-refractivity contribution in [2.24, 2.45) is 0 Å². The highest BCUT2D eigenvalue weighted by Gasteiger charge is 2.01. The number of amides is 1. The van der Waals surface area contributed by atoms with Gasteiger partial charge in [0.1, 0.15) is 5.75 Å². The van der Waals surface area contributed by atoms with Gasteiger partial charge >= 0.3 is 5.97 Å². The minimum Gasteiger partial charge on any atom is -0.423 e. The Balaban J connectivity index is 1.78. The molecule has 0 saturated heterocycles. The van der Waals surface area contributed by atoms with Gasteiger partial charge in [0.25, 0.3) is 5.91 Å². The molecule has 0 aliphatic carbocycles. The van der Waals surface area contributed by atoms with Gasteiger partial charge in [0.2, 0.25) is 0 Å². The Hall–Kier alpha value is -3.08. The summed E-state index contributed by atoms with van der Waals surface area (Å²) in [5.74, 6) is -0.644. The zero-order valence-corrected chi connectivity index (χ0v) is 11.2. The van der Waals surface area contributed by atoms with E-state index in [1.165, 1.54) is 0 Å². The second-order valence-corrected chi connectivity index (χ2v) is 4.05. The monoisotopic (exact) mass is 282 g/mol. The molecule has 0 aromatic heterocycles. The molecule has 2 rings (SSSR count). The number of ether oxygens (including phenoxy) is 1. The third kappa shape index (κ3) is 5.20. The van der Waals surface area contributed by atoms with Crippen LogP contribution in [0.1, 0.15) is 0 Å². The van der Waals surface area contributed by atoms with E-state index in [0.29, 0.717) is 5.75 Å². The molecule has 2 N–H and O–H groups in total. The molecule has 0 radical (unpaired) electrons. The van der Waals surface area contributed by atoms with Crippen LogP contribution in [0.2, 0.25) is 0 Å². The number of esters is 1. The van der Waals surface area contributed by atoms with E-state index in [2.05, 4.69) is 10.9 Å². The lowest BCUT2D eigenvalue weighted by Gasteiger charge is -2.05. The molecule has 2 aromatic rings. The SMILES string of the molecule is O=C(/C=C\C(=O)Oc1ccccc1)NNc1ccccc1. The molecule has 21 heavy (non-hydrogen) atoms. The van der Waals surface area contributed by atoms with Gasteiger partial charge in [0.15, 0.2) is 0 Å². The second-order valence-electron chi connectivity index (χ2n) is 4.05. The molecule has 0 aliphatic heterocycles. The Labute approximate surface area is 122 Å². The van der Waals surface area contributed by atoms with Crippen molar-refractivity contribution < 1.29 is 14.3 Å². The van der Waals surface area contributed by atoms with Gasteiger partial charge in [-0.3, -0.25) is 15.6 Å². The van der Waals surface area contributed by atoms with E-state index in [0.717, 1.165) is 17.8 Å². The smallest absolute Gasteiger partial charge is 0.336 e. The molecule has 0 bridgehead atoms. The first-order chi connectivity index (χ1) is 10.2. The van der Waals surface area contributed by atoms with Crippen LogP contribution in [0.15, 0.2) is 72.8 Å². The van der Waals surface area contributed by atoms with Gasteiger partial charge in [0, 0.05) is 12.2 Å². The number of rotatable bonds is 5. The lowest BCUT2D eigenvalue weighted by atomic mass is 10.3. The van der Waals surface area contributed by atoms with Crippen LogP contribution in [-0.4, -0.2) is 11.9 Å². The fraction of sp³-hybridized carbons (Fsp3) is 0. The maximum absolute atomic E-state index is 11.5. The fourth-order valence-corrected chi connectivity index (χ4v) is 1.48. The molecule has 1 amide bonds. The van der Waals surface area contributed by atoms with E-state index < -0.39 is 11.9 Å². The first kappa shape index (κ1) is 14.3. The summed E-state index contributed by atoms with van der Waals surface area (Å²) in [5, 5.41) is 0. The summed E-state index contributed by atoms with van der Waals surface area (Å²) in [6.45, 7) is 0. The van der Waals surface area contributed by atoms with E-state index >= 15 is 0 Å². The summed E-state index contributed by atoms with van der Waals surface area (Å²) in [7, 11) is 0. The topological polar surface area (TPSA) is 67.4 Å². The summed E-state index contributed by atoms with van der Waals surface area (Å²) in [5.41, 5.74) is 5.89. The highest BCUT2D eigenvalue weighted by Crippen LogP contribution is 2.08. The Bertz CT molecular complexity index is 624. The molecule has 0 spiro atoms. The average molecular weight is 282 g/mol. The van der Waals surface area contributed by atoms with Crippen molar-refractivity contribution in [1.82, 2.24) is 5.43 Å². The van der Waals surface area contributed by atoms with Crippen molar-refractivity contribution in [1.29, 1.82) is 0 Å². The van der Waals surface area contributed by atoms with Gasteiger partial charge < -0.3 is 4.74 Å². The van der Waals surface area contributed by atoms with Crippen LogP contribution in [0.4, 0.5) is 5.69 Å². The number of carbonyl (C=O) groups is 2. The molecule has 0 aliphatic rings. The largest absolute Gasteiger partial charge is 0.423 e. The van der Waals surface area contributed by atoms with Crippen molar-refractivity contribution in [2.75, 3.05) is 5.43 Å². The minimum absolute atomic E-state index is 0.426. The maximum Gasteiger partial charge on any atom is 0.336 e. The first-order valence-electron chi connectivity index (χ1n) is 6.30. The predicted octanol–water partition coefficient (Wildman–Crippen LogP) is 2.29. The molecular formula is C16H14N2O3. The molecule has 0 saturated carbocycles. The van der Waals surface area contributed by atoms with Gasteiger partial charge in [-0.2, -0.15) is 0 Å². The van der Waals surface area contributed by atoms with E-state index in [1.807, 2.05) is 24.3 Å². The molecule has 5 nitrogen and oxygen atoms in total. The molecule has 0 heterocycles. The minimum atomic E-state index is -0.615. The summed E-state index contributed by atoms with van der Waals surface area (Å²) >= 11 is 0. The van der Waals surface area contributed by atoms with Gasteiger partial charge in [0.05, 0.1) is 5.69 Å². The van der Waals surface area contributed by atoms with Crippen LogP contribution >= 0.6 is 0 Å². The van der Waals surface area contributed by atoms with Crippen LogP contribution in [0.5, 0.6) is 5.75 Å². The number of hydrazine groups is 1. The Kier molecular flexibility index (Phi) is 5.11. The molecule has 0 atom stereocenters. The van der Waals surface area contributed by atoms with Gasteiger partial charge in [-0.05, 0) is 24.3 Å². The van der Waals surface area contributed by atoms with Crippen molar-refractivity contribution >= 4 is 17.6 Å². The van der Waals surface area contributed by atoms with Gasteiger partial charge in [-0.25, -0.2) is 4.79 Å². The van der Waals surface area contributed by atoms with Crippen molar-refractivity contribution in [2.45, 2.75) is 0 Å². The average Bonchev–Trinajstić information content (AvgIpc) is 2.53. The Morgan fingerprint density at radius 1 is 0.857 bits per heavy atom. The standard InChI is InChI=1S/C16H14N2O3/c19-15(18-17-13-7-3-1-4-8-13)11-12-16(20)21-14-9-5-2-6-10-14/h1-12,17H,(H,18,19)/b12-11-. The van der Waals surface area contributed by atoms with Crippen molar-refractivity contribution in [3.05, 3.63) is 72.8 Å². The van der Waals surface area contributed by atoms with Crippen LogP contribution in [0.3, 0.4) is 0 Å². The predicted molar refractivity (Wildman–Crippen MR) is 79.4 cm³/mol. The number of benzene rings is 2. The van der Waals surface area contributed by atoms with Crippen LogP contribution < -0.4 is 15.6 Å². The van der Waals surface area contributed by atoms with E-state index in [4.69, 9.17) is 4.74 Å². The number of carbonyl (C=O) groups excluding carboxylic acids is 2. The second kappa shape index (κ2) is 7.49. The molecule has 106 valence electrons. The Morgan fingerprint density at radius 2 is 1.48 bits per heavy atom. The highest BCUT2D eigenvalue weighted by atomic mass is 16.5. The number of hydrogen-bond donors (Lipinski definition) is 2. The van der Waals surface area contributed by atoms with E-state index in [1.54, 1.807) is 36.4 Å². The number of hydrogen-bond acceptors (Lipinski definition) is 4. The van der Waals surface area contributed by atoms with E-state index in [9.17, 15) is 9.59 Å². The number of anilines is 1. The lowest BCUT2D eigenvalue weighted by molar-refractivity contribution is -0.129. The summed E-state index contributed by atoms with van der Waals surface area (Å²) < 4.78 is 5.00. The maximum atomic E-state index is 11.5. The highest BCUT2D eigenvalue weighted by molar-refractivity contribution is 5.95. The van der Waals surface area contributed by atoms with Crippen LogP contribution in [0.25, 0.3) is 0 Å². The summed E-state index contributed by atoms with van der Waals surface area (Å²) in [6, 6.07) is 17.8. The van der Waals surface area contributed by atoms with Crippen LogP contribution in [-0.2, 0) is 9.59 Å². The van der Waals surface area contributed by atoms with Gasteiger partial charge in [-0.15, -0.1) is 0 Å². The zero-order chi connectivity index (χ0) is 14.9. The molecule has 0 fully saturated rings. The molecule has 0 unspecified atom stereocenters. The Morgan fingerprint density at radius 3 is 2.14 bits per heavy atom. The fourth-order valence-electron chi connectivity index (χ4n) is 1.48. The number of para-hydroxylation sites is 2. The van der Waals surface area contributed by atoms with Crippen molar-refractivity contribution in [3.63, 3.8) is 0 Å². The molecular weight excluding hydrogens is 268 g/mol. The molecule has 2 aromatic carbocycles. The number of nitrogens with one attached hydrogen (secondary N) is 2. The van der Waals surface area contributed by atoms with E-state index in [-0.39, 0.29) is 0 Å². The molecule has 5 heteroatoms. The third-order valence-electron chi connectivity index (χ3n) is 2.44. The summed E-state index contributed by atoms with van der Waals surface area (Å²) in [6.07, 6.45) is 2.16. The van der Waals surface area contributed by atoms with Gasteiger partial charge in [-0.1, -0.05) is 36.4 Å². The third-order valence-corrected chi connectivity index (χ3v) is 2.44. The first-order valence-corrected chi connectivity index (χ1v) is 6.30. The van der Waals surface area contributed by atoms with Crippen molar-refractivity contribution in [3.8, 4) is 5.75 Å². The van der Waals surface area contributed by atoms with Crippen LogP contribution in [0, 0.1) is 0 Å². The quantitative estimate of drug-likeness (QED) is 0.382.